The molecule has 0 atom stereocenters. The van der Waals surface area contributed by atoms with Gasteiger partial charge in [-0.25, -0.2) is 0 Å². The van der Waals surface area contributed by atoms with Crippen LogP contribution in [0, 0.1) is 6.92 Å². The molecule has 0 aliphatic heterocycles. The lowest BCUT2D eigenvalue weighted by atomic mass is 9.96. The number of ether oxygens (including phenoxy) is 1. The van der Waals surface area contributed by atoms with Crippen molar-refractivity contribution in [1.82, 2.24) is 0 Å². The summed E-state index contributed by atoms with van der Waals surface area (Å²) in [5.41, 5.74) is 3.65. The van der Waals surface area contributed by atoms with Gasteiger partial charge in [0.25, 0.3) is 0 Å². The molecule has 0 spiro atoms. The number of halogens is 1. The average molecular weight is 373 g/mol. The molecule has 2 aromatic rings. The molecule has 0 unspecified atom stereocenters. The minimum absolute atomic E-state index is 0.0397. The molecule has 120 valence electrons. The Bertz CT molecular complexity index is 715. The Hall–Kier alpha value is -1.61. The van der Waals surface area contributed by atoms with Crippen molar-refractivity contribution in [3.8, 4) is 5.75 Å². The molecule has 0 heterocycles. The van der Waals surface area contributed by atoms with Crippen molar-refractivity contribution < 1.29 is 9.53 Å². The molecule has 0 radical (unpaired) electrons. The van der Waals surface area contributed by atoms with E-state index in [4.69, 9.17) is 4.74 Å². The third kappa shape index (κ3) is 3.50. The number of hydrogen-bond donors (Lipinski definition) is 0. The van der Waals surface area contributed by atoms with Crippen LogP contribution in [0.4, 0.5) is 0 Å². The maximum Gasteiger partial charge on any atom is 0.194 e. The summed E-state index contributed by atoms with van der Waals surface area (Å²) in [7, 11) is 0. The summed E-state index contributed by atoms with van der Waals surface area (Å²) >= 11 is 3.54. The molecule has 3 rings (SSSR count). The van der Waals surface area contributed by atoms with Gasteiger partial charge in [0.2, 0.25) is 0 Å². The number of rotatable bonds is 5. The Morgan fingerprint density at radius 1 is 1.22 bits per heavy atom. The van der Waals surface area contributed by atoms with Crippen molar-refractivity contribution in [2.75, 3.05) is 0 Å². The van der Waals surface area contributed by atoms with Crippen molar-refractivity contribution in [2.45, 2.75) is 45.6 Å². The van der Waals surface area contributed by atoms with E-state index < -0.39 is 0 Å². The zero-order chi connectivity index (χ0) is 16.4. The molecule has 0 aromatic heterocycles. The molecule has 1 saturated carbocycles. The lowest BCUT2D eigenvalue weighted by Gasteiger charge is -2.27. The van der Waals surface area contributed by atoms with E-state index in [0.29, 0.717) is 11.7 Å². The fourth-order valence-electron chi connectivity index (χ4n) is 2.68. The number of benzene rings is 2. The Morgan fingerprint density at radius 3 is 2.48 bits per heavy atom. The molecule has 1 aliphatic rings. The van der Waals surface area contributed by atoms with Crippen LogP contribution in [0.15, 0.2) is 40.9 Å². The second-order valence-electron chi connectivity index (χ2n) is 6.15. The van der Waals surface area contributed by atoms with Gasteiger partial charge >= 0.3 is 0 Å². The summed E-state index contributed by atoms with van der Waals surface area (Å²) in [6.45, 7) is 4.11. The van der Waals surface area contributed by atoms with Crippen molar-refractivity contribution >= 4 is 21.7 Å². The monoisotopic (exact) mass is 372 g/mol. The molecular weight excluding hydrogens is 352 g/mol. The van der Waals surface area contributed by atoms with Gasteiger partial charge in [0.15, 0.2) is 5.78 Å². The standard InChI is InChI=1S/C20H21BrO2/c1-3-14-7-9-15(10-8-14)20(22)17-11-13(2)19(12-18(17)21)23-16-5-4-6-16/h7-12,16H,3-6H2,1-2H3. The number of carbonyl (C=O) groups is 1. The van der Waals surface area contributed by atoms with E-state index in [2.05, 4.69) is 22.9 Å². The predicted molar refractivity (Wildman–Crippen MR) is 96.4 cm³/mol. The minimum Gasteiger partial charge on any atom is -0.490 e. The van der Waals surface area contributed by atoms with Crippen molar-refractivity contribution in [3.05, 3.63) is 63.1 Å². The maximum absolute atomic E-state index is 12.7. The van der Waals surface area contributed by atoms with Crippen LogP contribution in [0.1, 0.15) is 53.2 Å². The number of carbonyl (C=O) groups excluding carboxylic acids is 1. The van der Waals surface area contributed by atoms with Crippen LogP contribution >= 0.6 is 15.9 Å². The lowest BCUT2D eigenvalue weighted by Crippen LogP contribution is -2.25. The molecular formula is C20H21BrO2. The Balaban J connectivity index is 1.86. The molecule has 23 heavy (non-hydrogen) atoms. The van der Waals surface area contributed by atoms with Crippen LogP contribution in [-0.2, 0) is 6.42 Å². The van der Waals surface area contributed by atoms with Crippen LogP contribution in [-0.4, -0.2) is 11.9 Å². The molecule has 2 nitrogen and oxygen atoms in total. The van der Waals surface area contributed by atoms with Gasteiger partial charge in [-0.15, -0.1) is 0 Å². The summed E-state index contributed by atoms with van der Waals surface area (Å²) in [5, 5.41) is 0. The maximum atomic E-state index is 12.7. The zero-order valence-corrected chi connectivity index (χ0v) is 15.2. The quantitative estimate of drug-likeness (QED) is 0.649. The van der Waals surface area contributed by atoms with Crippen LogP contribution in [0.5, 0.6) is 5.75 Å². The molecule has 0 N–H and O–H groups in total. The second-order valence-corrected chi connectivity index (χ2v) is 7.00. The minimum atomic E-state index is 0.0397. The zero-order valence-electron chi connectivity index (χ0n) is 13.6. The van der Waals surface area contributed by atoms with E-state index in [1.54, 1.807) is 0 Å². The van der Waals surface area contributed by atoms with E-state index >= 15 is 0 Å². The van der Waals surface area contributed by atoms with Crippen LogP contribution in [0.2, 0.25) is 0 Å². The Morgan fingerprint density at radius 2 is 1.91 bits per heavy atom. The van der Waals surface area contributed by atoms with Gasteiger partial charge in [0.05, 0.1) is 6.10 Å². The Kier molecular flexibility index (Phi) is 4.86. The summed E-state index contributed by atoms with van der Waals surface area (Å²) in [5.74, 6) is 0.914. The molecule has 0 amide bonds. The van der Waals surface area contributed by atoms with Crippen LogP contribution in [0.25, 0.3) is 0 Å². The third-order valence-corrected chi connectivity index (χ3v) is 5.14. The SMILES string of the molecule is CCc1ccc(C(=O)c2cc(C)c(OC3CCC3)cc2Br)cc1. The van der Waals surface area contributed by atoms with Crippen molar-refractivity contribution in [2.24, 2.45) is 0 Å². The van der Waals surface area contributed by atoms with Gasteiger partial charge in [-0.3, -0.25) is 4.79 Å². The largest absolute Gasteiger partial charge is 0.490 e. The topological polar surface area (TPSA) is 26.3 Å². The van der Waals surface area contributed by atoms with E-state index in [-0.39, 0.29) is 5.78 Å². The van der Waals surface area contributed by atoms with E-state index in [0.717, 1.165) is 40.6 Å². The lowest BCUT2D eigenvalue weighted by molar-refractivity contribution is 0.103. The fourth-order valence-corrected chi connectivity index (χ4v) is 3.18. The van der Waals surface area contributed by atoms with Crippen LogP contribution < -0.4 is 4.74 Å². The number of ketones is 1. The van der Waals surface area contributed by atoms with Gasteiger partial charge in [0.1, 0.15) is 5.75 Å². The summed E-state index contributed by atoms with van der Waals surface area (Å²) in [6.07, 6.45) is 4.81. The van der Waals surface area contributed by atoms with Gasteiger partial charge in [-0.2, -0.15) is 0 Å². The van der Waals surface area contributed by atoms with E-state index in [9.17, 15) is 4.79 Å². The highest BCUT2D eigenvalue weighted by molar-refractivity contribution is 9.10. The third-order valence-electron chi connectivity index (χ3n) is 4.48. The highest BCUT2D eigenvalue weighted by atomic mass is 79.9. The van der Waals surface area contributed by atoms with Gasteiger partial charge < -0.3 is 4.74 Å². The summed E-state index contributed by atoms with van der Waals surface area (Å²) in [6, 6.07) is 11.7. The van der Waals surface area contributed by atoms with Gasteiger partial charge in [-0.1, -0.05) is 31.2 Å². The van der Waals surface area contributed by atoms with Crippen molar-refractivity contribution in [3.63, 3.8) is 0 Å². The molecule has 0 saturated heterocycles. The normalized spacial score (nSPS) is 14.4. The molecule has 1 aliphatic carbocycles. The van der Waals surface area contributed by atoms with E-state index in [1.807, 2.05) is 43.3 Å². The van der Waals surface area contributed by atoms with Gasteiger partial charge in [-0.05, 0) is 71.8 Å². The summed E-state index contributed by atoms with van der Waals surface area (Å²) in [4.78, 5) is 12.7. The molecule has 3 heteroatoms. The molecule has 2 aromatic carbocycles. The fraction of sp³-hybridized carbons (Fsp3) is 0.350. The highest BCUT2D eigenvalue weighted by Gasteiger charge is 2.21. The first kappa shape index (κ1) is 16.3. The van der Waals surface area contributed by atoms with Crippen molar-refractivity contribution in [1.29, 1.82) is 0 Å². The number of hydrogen-bond acceptors (Lipinski definition) is 2. The molecule has 0 bridgehead atoms. The van der Waals surface area contributed by atoms with Crippen LogP contribution in [0.3, 0.4) is 0 Å². The first-order valence-electron chi connectivity index (χ1n) is 8.19. The Labute approximate surface area is 146 Å². The van der Waals surface area contributed by atoms with E-state index in [1.165, 1.54) is 12.0 Å². The number of aryl methyl sites for hydroxylation is 2. The van der Waals surface area contributed by atoms with Gasteiger partial charge in [0, 0.05) is 15.6 Å². The highest BCUT2D eigenvalue weighted by Crippen LogP contribution is 2.32. The summed E-state index contributed by atoms with van der Waals surface area (Å²) < 4.78 is 6.78. The smallest absolute Gasteiger partial charge is 0.194 e. The second kappa shape index (κ2) is 6.88. The average Bonchev–Trinajstić information content (AvgIpc) is 2.53. The first-order valence-corrected chi connectivity index (χ1v) is 8.98. The first-order chi connectivity index (χ1) is 11.1. The predicted octanol–water partition coefficient (Wildman–Crippen LogP) is 5.48. The molecule has 1 fully saturated rings.